The molecule has 9 heteroatoms. The van der Waals surface area contributed by atoms with Crippen LogP contribution in [0.1, 0.15) is 46.0 Å². The highest BCUT2D eigenvalue weighted by molar-refractivity contribution is 5.89. The summed E-state index contributed by atoms with van der Waals surface area (Å²) in [5, 5.41) is 15.5. The van der Waals surface area contributed by atoms with Gasteiger partial charge in [-0.3, -0.25) is 10.3 Å². The van der Waals surface area contributed by atoms with Gasteiger partial charge >= 0.3 is 6.03 Å². The third-order valence-electron chi connectivity index (χ3n) is 5.64. The van der Waals surface area contributed by atoms with Crippen LogP contribution in [0.3, 0.4) is 0 Å². The van der Waals surface area contributed by atoms with Crippen molar-refractivity contribution in [1.82, 2.24) is 25.2 Å². The Hall–Kier alpha value is -3.46. The number of urea groups is 1. The summed E-state index contributed by atoms with van der Waals surface area (Å²) in [7, 11) is 1.49. The summed E-state index contributed by atoms with van der Waals surface area (Å²) in [6, 6.07) is 8.14. The molecule has 1 aromatic carbocycles. The average molecular weight is 481 g/mol. The summed E-state index contributed by atoms with van der Waals surface area (Å²) in [6.07, 6.45) is 7.17. The number of ether oxygens (including phenoxy) is 1. The number of hydrogen-bond acceptors (Lipinski definition) is 7. The van der Waals surface area contributed by atoms with E-state index in [4.69, 9.17) is 4.74 Å². The largest absolute Gasteiger partial charge is 0.504 e. The number of nitrogens with zero attached hydrogens (tertiary/aromatic N) is 4. The van der Waals surface area contributed by atoms with Crippen molar-refractivity contribution in [3.63, 3.8) is 0 Å². The van der Waals surface area contributed by atoms with Crippen LogP contribution in [0.15, 0.2) is 36.5 Å². The first-order chi connectivity index (χ1) is 17.0. The van der Waals surface area contributed by atoms with E-state index in [1.165, 1.54) is 20.0 Å². The lowest BCUT2D eigenvalue weighted by Crippen LogP contribution is -2.30. The molecule has 9 nitrogen and oxygen atoms in total. The normalized spacial score (nSPS) is 11.1. The molecule has 0 aliphatic rings. The molecule has 0 aliphatic heterocycles. The number of benzene rings is 1. The van der Waals surface area contributed by atoms with E-state index in [9.17, 15) is 9.90 Å². The number of phenolic OH excluding ortho intramolecular Hbond substituents is 1. The van der Waals surface area contributed by atoms with Crippen LogP contribution in [0.5, 0.6) is 11.5 Å². The molecule has 188 valence electrons. The highest BCUT2D eigenvalue weighted by atomic mass is 16.5. The van der Waals surface area contributed by atoms with Gasteiger partial charge in [0.1, 0.15) is 11.3 Å². The number of fused-ring (bicyclic) bond motifs is 1. The molecule has 2 aromatic heterocycles. The minimum atomic E-state index is -0.289. The maximum absolute atomic E-state index is 12.3. The van der Waals surface area contributed by atoms with E-state index in [1.54, 1.807) is 36.5 Å². The summed E-state index contributed by atoms with van der Waals surface area (Å²) in [4.78, 5) is 28.2. The predicted molar refractivity (Wildman–Crippen MR) is 139 cm³/mol. The van der Waals surface area contributed by atoms with Crippen LogP contribution in [0, 0.1) is 0 Å². The zero-order valence-corrected chi connectivity index (χ0v) is 20.9. The van der Waals surface area contributed by atoms with Crippen molar-refractivity contribution < 1.29 is 14.6 Å². The molecule has 0 saturated heterocycles. The number of carbonyl (C=O) groups is 1. The second-order valence-electron chi connectivity index (χ2n) is 8.46. The zero-order chi connectivity index (χ0) is 25.0. The van der Waals surface area contributed by atoms with Gasteiger partial charge in [-0.15, -0.1) is 0 Å². The maximum Gasteiger partial charge on any atom is 0.320 e. The molecule has 0 atom stereocenters. The minimum Gasteiger partial charge on any atom is -0.504 e. The fraction of sp³-hybridized carbons (Fsp3) is 0.462. The van der Waals surface area contributed by atoms with Crippen molar-refractivity contribution in [1.29, 1.82) is 0 Å². The highest BCUT2D eigenvalue weighted by Gasteiger charge is 2.10. The van der Waals surface area contributed by atoms with Gasteiger partial charge in [0.2, 0.25) is 0 Å². The first kappa shape index (κ1) is 26.2. The quantitative estimate of drug-likeness (QED) is 0.301. The lowest BCUT2D eigenvalue weighted by atomic mass is 10.1. The Kier molecular flexibility index (Phi) is 10.0. The molecular weight excluding hydrogens is 444 g/mol. The van der Waals surface area contributed by atoms with Crippen molar-refractivity contribution in [2.24, 2.45) is 0 Å². The van der Waals surface area contributed by atoms with Crippen molar-refractivity contribution >= 4 is 23.0 Å². The Morgan fingerprint density at radius 2 is 1.83 bits per heavy atom. The Morgan fingerprint density at radius 3 is 2.57 bits per heavy atom. The minimum absolute atomic E-state index is 0.0515. The van der Waals surface area contributed by atoms with Gasteiger partial charge in [-0.05, 0) is 75.6 Å². The van der Waals surface area contributed by atoms with Gasteiger partial charge in [-0.1, -0.05) is 20.3 Å². The van der Waals surface area contributed by atoms with Crippen molar-refractivity contribution in [3.8, 4) is 22.8 Å². The number of methoxy groups -OCH3 is 1. The first-order valence-corrected chi connectivity index (χ1v) is 12.3. The van der Waals surface area contributed by atoms with Gasteiger partial charge < -0.3 is 20.1 Å². The number of phenols is 1. The molecule has 0 aliphatic carbocycles. The third kappa shape index (κ3) is 7.78. The molecule has 0 radical (unpaired) electrons. The van der Waals surface area contributed by atoms with Crippen molar-refractivity contribution in [2.45, 2.75) is 46.0 Å². The van der Waals surface area contributed by atoms with E-state index in [-0.39, 0.29) is 11.8 Å². The number of rotatable bonds is 13. The number of aromatic nitrogens is 3. The summed E-state index contributed by atoms with van der Waals surface area (Å²) in [6.45, 7) is 8.48. The summed E-state index contributed by atoms with van der Waals surface area (Å²) >= 11 is 0. The molecule has 2 amide bonds. The molecular formula is C26H36N6O3. The second-order valence-corrected chi connectivity index (χ2v) is 8.46. The van der Waals surface area contributed by atoms with Gasteiger partial charge in [0.25, 0.3) is 0 Å². The fourth-order valence-electron chi connectivity index (χ4n) is 3.91. The number of carbonyl (C=O) groups excluding carboxylic acids is 1. The Balaban J connectivity index is 1.51. The van der Waals surface area contributed by atoms with E-state index < -0.39 is 0 Å². The number of anilines is 1. The lowest BCUT2D eigenvalue weighted by molar-refractivity contribution is 0.251. The van der Waals surface area contributed by atoms with E-state index >= 15 is 0 Å². The van der Waals surface area contributed by atoms with Gasteiger partial charge in [-0.25, -0.2) is 14.8 Å². The SMILES string of the molecule is CCCN(CCC)CCCCCNC(=O)Nc1ccc2ncc(-c3ccc(O)c(OC)c3)nc2n1. The Labute approximate surface area is 207 Å². The third-order valence-corrected chi connectivity index (χ3v) is 5.64. The van der Waals surface area contributed by atoms with E-state index in [1.807, 2.05) is 0 Å². The topological polar surface area (TPSA) is 113 Å². The van der Waals surface area contributed by atoms with Crippen LogP contribution in [-0.4, -0.2) is 64.3 Å². The van der Waals surface area contributed by atoms with Crippen LogP contribution < -0.4 is 15.4 Å². The number of aromatic hydroxyl groups is 1. The zero-order valence-electron chi connectivity index (χ0n) is 20.9. The van der Waals surface area contributed by atoms with E-state index in [0.29, 0.717) is 35.0 Å². The summed E-state index contributed by atoms with van der Waals surface area (Å²) in [5.41, 5.74) is 2.35. The molecule has 0 fully saturated rings. The number of hydrogen-bond donors (Lipinski definition) is 3. The maximum atomic E-state index is 12.3. The molecule has 3 aromatic rings. The molecule has 3 N–H and O–H groups in total. The van der Waals surface area contributed by atoms with Crippen LogP contribution in [0.25, 0.3) is 22.4 Å². The van der Waals surface area contributed by atoms with Crippen molar-refractivity contribution in [3.05, 3.63) is 36.5 Å². The van der Waals surface area contributed by atoms with Gasteiger partial charge in [-0.2, -0.15) is 0 Å². The van der Waals surface area contributed by atoms with Crippen LogP contribution in [0.2, 0.25) is 0 Å². The molecule has 0 unspecified atom stereocenters. The molecule has 0 saturated carbocycles. The van der Waals surface area contributed by atoms with Crippen LogP contribution in [0.4, 0.5) is 10.6 Å². The lowest BCUT2D eigenvalue weighted by Gasteiger charge is -2.20. The van der Waals surface area contributed by atoms with Crippen molar-refractivity contribution in [2.75, 3.05) is 38.6 Å². The van der Waals surface area contributed by atoms with Crippen LogP contribution >= 0.6 is 0 Å². The van der Waals surface area contributed by atoms with E-state index in [2.05, 4.69) is 44.3 Å². The summed E-state index contributed by atoms with van der Waals surface area (Å²) < 4.78 is 5.17. The molecule has 2 heterocycles. The van der Waals surface area contributed by atoms with Gasteiger partial charge in [0.05, 0.1) is 19.0 Å². The number of unbranched alkanes of at least 4 members (excludes halogenated alkanes) is 2. The number of pyridine rings is 1. The molecule has 0 bridgehead atoms. The first-order valence-electron chi connectivity index (χ1n) is 12.3. The molecule has 3 rings (SSSR count). The number of amides is 2. The fourth-order valence-corrected chi connectivity index (χ4v) is 3.91. The van der Waals surface area contributed by atoms with Gasteiger partial charge in [0, 0.05) is 12.1 Å². The monoisotopic (exact) mass is 480 g/mol. The average Bonchev–Trinajstić information content (AvgIpc) is 2.86. The standard InChI is InChI=1S/C26H36N6O3/c1-4-14-32(15-5-2)16-8-6-7-13-27-26(34)31-24-12-10-20-25(30-24)29-21(18-28-20)19-9-11-22(33)23(17-19)35-3/h9-12,17-18,33H,4-8,13-16H2,1-3H3,(H2,27,29,30,31,34). The Bertz CT molecular complexity index is 1100. The number of nitrogens with one attached hydrogen (secondary N) is 2. The highest BCUT2D eigenvalue weighted by Crippen LogP contribution is 2.30. The van der Waals surface area contributed by atoms with Crippen LogP contribution in [-0.2, 0) is 0 Å². The second kappa shape index (κ2) is 13.4. The summed E-state index contributed by atoms with van der Waals surface area (Å²) in [5.74, 6) is 0.804. The smallest absolute Gasteiger partial charge is 0.320 e. The predicted octanol–water partition coefficient (Wildman–Crippen LogP) is 4.82. The van der Waals surface area contributed by atoms with Gasteiger partial charge in [0.15, 0.2) is 17.1 Å². The Morgan fingerprint density at radius 1 is 1.03 bits per heavy atom. The van der Waals surface area contributed by atoms with E-state index in [0.717, 1.165) is 44.5 Å². The molecule has 0 spiro atoms. The molecule has 35 heavy (non-hydrogen) atoms.